The summed E-state index contributed by atoms with van der Waals surface area (Å²) < 4.78 is 24.0. The third kappa shape index (κ3) is 3.85. The molecule has 0 aromatic heterocycles. The first-order chi connectivity index (χ1) is 11.7. The van der Waals surface area contributed by atoms with Crippen molar-refractivity contribution in [3.8, 4) is 16.9 Å². The zero-order valence-corrected chi connectivity index (χ0v) is 13.6. The van der Waals surface area contributed by atoms with E-state index in [0.29, 0.717) is 19.7 Å². The van der Waals surface area contributed by atoms with E-state index in [0.717, 1.165) is 23.3 Å². The maximum Gasteiger partial charge on any atom is 0.409 e. The van der Waals surface area contributed by atoms with E-state index in [1.165, 1.54) is 12.1 Å². The first-order valence-electron chi connectivity index (χ1n) is 8.10. The molecule has 2 aromatic rings. The summed E-state index contributed by atoms with van der Waals surface area (Å²) in [6.45, 7) is 3.34. The molecule has 0 unspecified atom stereocenters. The van der Waals surface area contributed by atoms with Crippen LogP contribution >= 0.6 is 0 Å². The lowest BCUT2D eigenvalue weighted by atomic mass is 10.1. The molecule has 1 amide bonds. The maximum absolute atomic E-state index is 13.0. The standard InChI is InChI=1S/C19H20FNO3/c1-2-23-19(22)21-11-10-18(13-21)24-17-5-3-4-15(12-17)14-6-8-16(20)9-7-14/h3-9,12,18H,2,10-11,13H2,1H3/t18-/m1/s1. The van der Waals surface area contributed by atoms with Gasteiger partial charge in [0.15, 0.2) is 0 Å². The average molecular weight is 329 g/mol. The van der Waals surface area contributed by atoms with Crippen LogP contribution in [0.4, 0.5) is 9.18 Å². The van der Waals surface area contributed by atoms with Crippen LogP contribution in [0, 0.1) is 5.82 Å². The van der Waals surface area contributed by atoms with Gasteiger partial charge in [0.25, 0.3) is 0 Å². The second-order valence-corrected chi connectivity index (χ2v) is 5.71. The van der Waals surface area contributed by atoms with E-state index in [4.69, 9.17) is 9.47 Å². The van der Waals surface area contributed by atoms with Gasteiger partial charge in [-0.05, 0) is 42.3 Å². The Bertz CT molecular complexity index is 702. The molecule has 0 spiro atoms. The van der Waals surface area contributed by atoms with Crippen molar-refractivity contribution in [2.24, 2.45) is 0 Å². The van der Waals surface area contributed by atoms with Crippen molar-refractivity contribution in [3.05, 3.63) is 54.3 Å². The Kier molecular flexibility index (Phi) is 4.99. The second kappa shape index (κ2) is 7.34. The molecule has 0 radical (unpaired) electrons. The van der Waals surface area contributed by atoms with Crippen LogP contribution < -0.4 is 4.74 Å². The van der Waals surface area contributed by atoms with Gasteiger partial charge < -0.3 is 14.4 Å². The van der Waals surface area contributed by atoms with Crippen LogP contribution in [0.3, 0.4) is 0 Å². The van der Waals surface area contributed by atoms with Crippen LogP contribution in [0.2, 0.25) is 0 Å². The number of carbonyl (C=O) groups excluding carboxylic acids is 1. The van der Waals surface area contributed by atoms with Crippen LogP contribution in [-0.2, 0) is 4.74 Å². The SMILES string of the molecule is CCOC(=O)N1CC[C@@H](Oc2cccc(-c3ccc(F)cc3)c2)C1. The number of hydrogen-bond donors (Lipinski definition) is 0. The van der Waals surface area contributed by atoms with Crippen LogP contribution in [-0.4, -0.2) is 36.8 Å². The van der Waals surface area contributed by atoms with Gasteiger partial charge in [-0.2, -0.15) is 0 Å². The summed E-state index contributed by atoms with van der Waals surface area (Å²) in [7, 11) is 0. The lowest BCUT2D eigenvalue weighted by Crippen LogP contribution is -2.31. The van der Waals surface area contributed by atoms with Gasteiger partial charge in [-0.1, -0.05) is 24.3 Å². The minimum absolute atomic E-state index is 0.0436. The molecule has 1 atom stereocenters. The Morgan fingerprint density at radius 1 is 1.21 bits per heavy atom. The predicted octanol–water partition coefficient (Wildman–Crippen LogP) is 4.10. The minimum atomic E-state index is -0.288. The molecule has 0 aliphatic carbocycles. The summed E-state index contributed by atoms with van der Waals surface area (Å²) >= 11 is 0. The van der Waals surface area contributed by atoms with Crippen LogP contribution in [0.5, 0.6) is 5.75 Å². The van der Waals surface area contributed by atoms with Crippen LogP contribution in [0.1, 0.15) is 13.3 Å². The van der Waals surface area contributed by atoms with E-state index in [1.807, 2.05) is 24.3 Å². The molecular weight excluding hydrogens is 309 g/mol. The fourth-order valence-corrected chi connectivity index (χ4v) is 2.79. The van der Waals surface area contributed by atoms with Crippen molar-refractivity contribution in [2.45, 2.75) is 19.4 Å². The highest BCUT2D eigenvalue weighted by molar-refractivity contribution is 5.68. The number of carbonyl (C=O) groups is 1. The van der Waals surface area contributed by atoms with Gasteiger partial charge in [0.1, 0.15) is 17.7 Å². The van der Waals surface area contributed by atoms with Crippen LogP contribution in [0.15, 0.2) is 48.5 Å². The van der Waals surface area contributed by atoms with E-state index < -0.39 is 0 Å². The number of amides is 1. The Morgan fingerprint density at radius 2 is 2.00 bits per heavy atom. The zero-order valence-electron chi connectivity index (χ0n) is 13.6. The molecule has 3 rings (SSSR count). The number of hydrogen-bond acceptors (Lipinski definition) is 3. The zero-order chi connectivity index (χ0) is 16.9. The number of rotatable bonds is 4. The van der Waals surface area contributed by atoms with Crippen molar-refractivity contribution in [1.29, 1.82) is 0 Å². The molecule has 1 aliphatic heterocycles. The number of likely N-dealkylation sites (tertiary alicyclic amines) is 1. The first-order valence-corrected chi connectivity index (χ1v) is 8.10. The Labute approximate surface area is 140 Å². The predicted molar refractivity (Wildman–Crippen MR) is 89.5 cm³/mol. The highest BCUT2D eigenvalue weighted by Gasteiger charge is 2.28. The molecule has 5 heteroatoms. The molecule has 0 bridgehead atoms. The highest BCUT2D eigenvalue weighted by Crippen LogP contribution is 2.26. The first kappa shape index (κ1) is 16.3. The van der Waals surface area contributed by atoms with Crippen molar-refractivity contribution < 1.29 is 18.7 Å². The number of halogens is 1. The van der Waals surface area contributed by atoms with E-state index in [-0.39, 0.29) is 18.0 Å². The molecule has 1 heterocycles. The molecule has 0 N–H and O–H groups in total. The van der Waals surface area contributed by atoms with E-state index >= 15 is 0 Å². The Hall–Kier alpha value is -2.56. The molecule has 126 valence electrons. The smallest absolute Gasteiger partial charge is 0.409 e. The van der Waals surface area contributed by atoms with Crippen molar-refractivity contribution in [2.75, 3.05) is 19.7 Å². The molecule has 24 heavy (non-hydrogen) atoms. The topological polar surface area (TPSA) is 38.8 Å². The fourth-order valence-electron chi connectivity index (χ4n) is 2.79. The molecule has 1 fully saturated rings. The van der Waals surface area contributed by atoms with Crippen molar-refractivity contribution in [1.82, 2.24) is 4.90 Å². The van der Waals surface area contributed by atoms with Crippen molar-refractivity contribution >= 4 is 6.09 Å². The maximum atomic E-state index is 13.0. The largest absolute Gasteiger partial charge is 0.488 e. The lowest BCUT2D eigenvalue weighted by molar-refractivity contribution is 0.110. The van der Waals surface area contributed by atoms with Gasteiger partial charge in [-0.3, -0.25) is 0 Å². The average Bonchev–Trinajstić information content (AvgIpc) is 3.05. The monoisotopic (exact) mass is 329 g/mol. The number of benzene rings is 2. The van der Waals surface area contributed by atoms with Gasteiger partial charge in [0.05, 0.1) is 13.2 Å². The summed E-state index contributed by atoms with van der Waals surface area (Å²) in [5.41, 5.74) is 1.90. The fraction of sp³-hybridized carbons (Fsp3) is 0.316. The van der Waals surface area contributed by atoms with E-state index in [9.17, 15) is 9.18 Å². The quantitative estimate of drug-likeness (QED) is 0.847. The molecular formula is C19H20FNO3. The third-order valence-electron chi connectivity index (χ3n) is 3.99. The second-order valence-electron chi connectivity index (χ2n) is 5.71. The lowest BCUT2D eigenvalue weighted by Gasteiger charge is -2.17. The number of nitrogens with zero attached hydrogens (tertiary/aromatic N) is 1. The number of ether oxygens (including phenoxy) is 2. The highest BCUT2D eigenvalue weighted by atomic mass is 19.1. The van der Waals surface area contributed by atoms with Crippen molar-refractivity contribution in [3.63, 3.8) is 0 Å². The van der Waals surface area contributed by atoms with Crippen LogP contribution in [0.25, 0.3) is 11.1 Å². The summed E-state index contributed by atoms with van der Waals surface area (Å²) in [5.74, 6) is 0.490. The molecule has 1 saturated heterocycles. The summed E-state index contributed by atoms with van der Waals surface area (Å²) in [4.78, 5) is 13.4. The van der Waals surface area contributed by atoms with Gasteiger partial charge in [-0.25, -0.2) is 9.18 Å². The Morgan fingerprint density at radius 3 is 2.75 bits per heavy atom. The normalized spacial score (nSPS) is 16.9. The van der Waals surface area contributed by atoms with E-state index in [1.54, 1.807) is 24.0 Å². The molecule has 1 aliphatic rings. The molecule has 0 saturated carbocycles. The summed E-state index contributed by atoms with van der Waals surface area (Å²) in [5, 5.41) is 0. The summed E-state index contributed by atoms with van der Waals surface area (Å²) in [6, 6.07) is 14.1. The van der Waals surface area contributed by atoms with Gasteiger partial charge in [-0.15, -0.1) is 0 Å². The molecule has 2 aromatic carbocycles. The molecule has 4 nitrogen and oxygen atoms in total. The van der Waals surface area contributed by atoms with Gasteiger partial charge in [0.2, 0.25) is 0 Å². The third-order valence-corrected chi connectivity index (χ3v) is 3.99. The summed E-state index contributed by atoms with van der Waals surface area (Å²) in [6.07, 6.45) is 0.445. The van der Waals surface area contributed by atoms with Gasteiger partial charge in [0, 0.05) is 13.0 Å². The minimum Gasteiger partial charge on any atom is -0.488 e. The van der Waals surface area contributed by atoms with E-state index in [2.05, 4.69) is 0 Å². The van der Waals surface area contributed by atoms with Gasteiger partial charge >= 0.3 is 6.09 Å². The Balaban J connectivity index is 1.65.